The molecule has 0 atom stereocenters. The van der Waals surface area contributed by atoms with Crippen molar-refractivity contribution < 1.29 is 9.53 Å². The fraction of sp³-hybridized carbons (Fsp3) is 0.458. The van der Waals surface area contributed by atoms with E-state index in [1.165, 1.54) is 5.56 Å². The van der Waals surface area contributed by atoms with Gasteiger partial charge in [0.15, 0.2) is 5.65 Å². The van der Waals surface area contributed by atoms with Gasteiger partial charge in [-0.3, -0.25) is 4.79 Å². The monoisotopic (exact) mass is 408 g/mol. The first-order valence-corrected chi connectivity index (χ1v) is 10.4. The van der Waals surface area contributed by atoms with Crippen LogP contribution < -0.4 is 10.1 Å². The van der Waals surface area contributed by atoms with Crippen molar-refractivity contribution in [3.8, 4) is 5.75 Å². The highest BCUT2D eigenvalue weighted by atomic mass is 16.5. The molecule has 0 aliphatic heterocycles. The molecule has 3 aromatic rings. The van der Waals surface area contributed by atoms with Gasteiger partial charge in [-0.05, 0) is 76.8 Å². The van der Waals surface area contributed by atoms with Crippen molar-refractivity contribution in [3.63, 3.8) is 0 Å². The van der Waals surface area contributed by atoms with Gasteiger partial charge in [-0.15, -0.1) is 0 Å². The van der Waals surface area contributed by atoms with Gasteiger partial charge >= 0.3 is 0 Å². The van der Waals surface area contributed by atoms with Crippen LogP contribution in [-0.2, 0) is 23.3 Å². The maximum Gasteiger partial charge on any atom is 0.220 e. The number of carbonyl (C=O) groups excluding carboxylic acids is 1. The van der Waals surface area contributed by atoms with E-state index in [2.05, 4.69) is 33.0 Å². The summed E-state index contributed by atoms with van der Waals surface area (Å²) in [5, 5.41) is 8.84. The van der Waals surface area contributed by atoms with Crippen molar-refractivity contribution in [3.05, 3.63) is 52.3 Å². The van der Waals surface area contributed by atoms with E-state index >= 15 is 0 Å². The molecule has 30 heavy (non-hydrogen) atoms. The number of aryl methyl sites for hydroxylation is 3. The Morgan fingerprint density at radius 3 is 2.57 bits per heavy atom. The quantitative estimate of drug-likeness (QED) is 0.658. The summed E-state index contributed by atoms with van der Waals surface area (Å²) < 4.78 is 7.24. The number of nitrogens with zero attached hydrogens (tertiary/aromatic N) is 3. The van der Waals surface area contributed by atoms with Crippen LogP contribution in [0.25, 0.3) is 11.0 Å². The molecule has 1 amide bonds. The molecular weight excluding hydrogens is 376 g/mol. The van der Waals surface area contributed by atoms with Crippen LogP contribution in [0.2, 0.25) is 0 Å². The number of ether oxygens (including phenoxy) is 1. The molecule has 0 saturated heterocycles. The minimum Gasteiger partial charge on any atom is -0.497 e. The zero-order valence-corrected chi connectivity index (χ0v) is 19.1. The molecule has 0 aliphatic carbocycles. The van der Waals surface area contributed by atoms with Gasteiger partial charge in [-0.2, -0.15) is 5.10 Å². The van der Waals surface area contributed by atoms with E-state index in [4.69, 9.17) is 14.8 Å². The SMILES string of the molecule is COc1cccc(CNC(=O)CCc2c(C)nc3c(c(C)nn3C(C)(C)C)c2C)c1. The lowest BCUT2D eigenvalue weighted by Crippen LogP contribution is -2.24. The number of pyridine rings is 1. The molecule has 0 fully saturated rings. The third kappa shape index (κ3) is 4.48. The van der Waals surface area contributed by atoms with Crippen molar-refractivity contribution in [2.45, 2.75) is 66.5 Å². The topological polar surface area (TPSA) is 69.0 Å². The highest BCUT2D eigenvalue weighted by molar-refractivity contribution is 5.84. The van der Waals surface area contributed by atoms with Gasteiger partial charge in [-0.1, -0.05) is 12.1 Å². The first-order chi connectivity index (χ1) is 14.1. The highest BCUT2D eigenvalue weighted by Gasteiger charge is 2.23. The Morgan fingerprint density at radius 2 is 1.90 bits per heavy atom. The summed E-state index contributed by atoms with van der Waals surface area (Å²) in [6.45, 7) is 13.0. The van der Waals surface area contributed by atoms with Crippen LogP contribution in [0, 0.1) is 20.8 Å². The maximum absolute atomic E-state index is 12.5. The highest BCUT2D eigenvalue weighted by Crippen LogP contribution is 2.29. The molecule has 160 valence electrons. The molecular formula is C24H32N4O2. The number of fused-ring (bicyclic) bond motifs is 1. The molecule has 1 aromatic carbocycles. The molecule has 2 heterocycles. The Kier molecular flexibility index (Phi) is 6.15. The van der Waals surface area contributed by atoms with Crippen LogP contribution in [0.1, 0.15) is 55.3 Å². The third-order valence-corrected chi connectivity index (χ3v) is 5.44. The van der Waals surface area contributed by atoms with E-state index in [9.17, 15) is 4.79 Å². The lowest BCUT2D eigenvalue weighted by Gasteiger charge is -2.20. The molecule has 0 spiro atoms. The zero-order valence-electron chi connectivity index (χ0n) is 19.1. The summed E-state index contributed by atoms with van der Waals surface area (Å²) in [5.74, 6) is 0.817. The summed E-state index contributed by atoms with van der Waals surface area (Å²) in [6, 6.07) is 7.73. The van der Waals surface area contributed by atoms with Crippen LogP contribution in [0.3, 0.4) is 0 Å². The van der Waals surface area contributed by atoms with E-state index < -0.39 is 0 Å². The lowest BCUT2D eigenvalue weighted by atomic mass is 9.99. The van der Waals surface area contributed by atoms with Gasteiger partial charge in [0.25, 0.3) is 0 Å². The number of methoxy groups -OCH3 is 1. The largest absolute Gasteiger partial charge is 0.497 e. The number of hydrogen-bond acceptors (Lipinski definition) is 4. The van der Waals surface area contributed by atoms with Crippen molar-refractivity contribution >= 4 is 16.9 Å². The van der Waals surface area contributed by atoms with Crippen molar-refractivity contribution in [1.82, 2.24) is 20.1 Å². The predicted octanol–water partition coefficient (Wildman–Crippen LogP) is 4.37. The van der Waals surface area contributed by atoms with E-state index in [-0.39, 0.29) is 11.4 Å². The fourth-order valence-corrected chi connectivity index (χ4v) is 3.85. The maximum atomic E-state index is 12.5. The second-order valence-corrected chi connectivity index (χ2v) is 8.80. The molecule has 2 aromatic heterocycles. The minimum atomic E-state index is -0.139. The third-order valence-electron chi connectivity index (χ3n) is 5.44. The Morgan fingerprint density at radius 1 is 1.17 bits per heavy atom. The molecule has 0 aliphatic rings. The first kappa shape index (κ1) is 21.8. The van der Waals surface area contributed by atoms with Gasteiger partial charge < -0.3 is 10.1 Å². The summed E-state index contributed by atoms with van der Waals surface area (Å²) in [5.41, 5.74) is 6.05. The van der Waals surface area contributed by atoms with Crippen molar-refractivity contribution in [2.24, 2.45) is 0 Å². The molecule has 0 saturated carbocycles. The molecule has 0 unspecified atom stereocenters. The second-order valence-electron chi connectivity index (χ2n) is 8.80. The number of amides is 1. The smallest absolute Gasteiger partial charge is 0.220 e. The average molecular weight is 409 g/mol. The number of benzene rings is 1. The second kappa shape index (κ2) is 8.46. The predicted molar refractivity (Wildman–Crippen MR) is 120 cm³/mol. The Balaban J connectivity index is 1.74. The van der Waals surface area contributed by atoms with Gasteiger partial charge in [0.1, 0.15) is 5.75 Å². The number of rotatable bonds is 6. The summed E-state index contributed by atoms with van der Waals surface area (Å²) in [7, 11) is 1.64. The van der Waals surface area contributed by atoms with Gasteiger partial charge in [0.05, 0.1) is 18.3 Å². The van der Waals surface area contributed by atoms with Crippen LogP contribution >= 0.6 is 0 Å². The molecule has 6 heteroatoms. The minimum absolute atomic E-state index is 0.0267. The molecule has 0 bridgehead atoms. The van der Waals surface area contributed by atoms with E-state index in [1.807, 2.05) is 42.8 Å². The number of nitrogens with one attached hydrogen (secondary N) is 1. The van der Waals surface area contributed by atoms with Gasteiger partial charge in [0.2, 0.25) is 5.91 Å². The number of hydrogen-bond donors (Lipinski definition) is 1. The number of aromatic nitrogens is 3. The standard InChI is InChI=1S/C24H32N4O2/c1-15-20(11-12-21(29)25-14-18-9-8-10-19(13-18)30-7)16(2)26-23-22(15)17(3)27-28(23)24(4,5)6/h8-10,13H,11-12,14H2,1-7H3,(H,25,29). The molecule has 1 N–H and O–H groups in total. The zero-order chi connectivity index (χ0) is 22.1. The Labute approximate surface area is 178 Å². The average Bonchev–Trinajstić information content (AvgIpc) is 3.03. The first-order valence-electron chi connectivity index (χ1n) is 10.4. The molecule has 6 nitrogen and oxygen atoms in total. The Bertz CT molecular complexity index is 1080. The van der Waals surface area contributed by atoms with Crippen LogP contribution in [0.4, 0.5) is 0 Å². The van der Waals surface area contributed by atoms with Gasteiger partial charge in [0, 0.05) is 24.0 Å². The number of carbonyl (C=O) groups is 1. The summed E-state index contributed by atoms with van der Waals surface area (Å²) >= 11 is 0. The molecule has 3 rings (SSSR count). The van der Waals surface area contributed by atoms with E-state index in [0.29, 0.717) is 19.4 Å². The van der Waals surface area contributed by atoms with Crippen LogP contribution in [0.15, 0.2) is 24.3 Å². The van der Waals surface area contributed by atoms with Crippen molar-refractivity contribution in [1.29, 1.82) is 0 Å². The molecule has 0 radical (unpaired) electrons. The summed E-state index contributed by atoms with van der Waals surface area (Å²) in [4.78, 5) is 17.3. The fourth-order valence-electron chi connectivity index (χ4n) is 3.85. The van der Waals surface area contributed by atoms with Crippen LogP contribution in [-0.4, -0.2) is 27.8 Å². The lowest BCUT2D eigenvalue weighted by molar-refractivity contribution is -0.121. The van der Waals surface area contributed by atoms with E-state index in [1.54, 1.807) is 7.11 Å². The van der Waals surface area contributed by atoms with E-state index in [0.717, 1.165) is 39.3 Å². The van der Waals surface area contributed by atoms with Gasteiger partial charge in [-0.25, -0.2) is 9.67 Å². The van der Waals surface area contributed by atoms with Crippen molar-refractivity contribution in [2.75, 3.05) is 7.11 Å². The Hall–Kier alpha value is -2.89. The summed E-state index contributed by atoms with van der Waals surface area (Å²) in [6.07, 6.45) is 1.08. The normalized spacial score (nSPS) is 11.7. The van der Waals surface area contributed by atoms with Crippen LogP contribution in [0.5, 0.6) is 5.75 Å².